The second-order valence-corrected chi connectivity index (χ2v) is 6.26. The first-order valence-corrected chi connectivity index (χ1v) is 8.87. The van der Waals surface area contributed by atoms with Crippen LogP contribution in [-0.2, 0) is 6.42 Å². The molecule has 0 spiro atoms. The fraction of sp³-hybridized carbons (Fsp3) is 0.182. The van der Waals surface area contributed by atoms with Crippen molar-refractivity contribution < 1.29 is 9.53 Å². The largest absolute Gasteiger partial charge is 0.495 e. The molecule has 2 aromatic carbocycles. The van der Waals surface area contributed by atoms with Gasteiger partial charge in [-0.2, -0.15) is 0 Å². The zero-order valence-electron chi connectivity index (χ0n) is 15.7. The van der Waals surface area contributed by atoms with Crippen LogP contribution in [0.3, 0.4) is 0 Å². The van der Waals surface area contributed by atoms with E-state index in [9.17, 15) is 4.79 Å². The standard InChI is InChI=1S/C22H23N3O2/c1-4-16-6-8-18(9-7-16)24-21-14-17(11-12-23-21)22(26)25-19-13-15(2)5-10-20(19)27-3/h5-14H,4H2,1-3H3,(H,23,24)(H,25,26). The van der Waals surface area contributed by atoms with E-state index in [0.29, 0.717) is 22.8 Å². The van der Waals surface area contributed by atoms with Crippen molar-refractivity contribution in [1.82, 2.24) is 4.98 Å². The van der Waals surface area contributed by atoms with Gasteiger partial charge in [-0.1, -0.05) is 25.1 Å². The van der Waals surface area contributed by atoms with Gasteiger partial charge < -0.3 is 15.4 Å². The molecule has 3 aromatic rings. The lowest BCUT2D eigenvalue weighted by Crippen LogP contribution is -2.13. The Balaban J connectivity index is 1.76. The van der Waals surface area contributed by atoms with E-state index in [0.717, 1.165) is 17.7 Å². The fourth-order valence-electron chi connectivity index (χ4n) is 2.73. The van der Waals surface area contributed by atoms with Crippen molar-refractivity contribution in [2.75, 3.05) is 17.7 Å². The number of carbonyl (C=O) groups excluding carboxylic acids is 1. The fourth-order valence-corrected chi connectivity index (χ4v) is 2.73. The summed E-state index contributed by atoms with van der Waals surface area (Å²) < 4.78 is 5.32. The summed E-state index contributed by atoms with van der Waals surface area (Å²) in [6.45, 7) is 4.09. The van der Waals surface area contributed by atoms with Crippen molar-refractivity contribution in [3.8, 4) is 5.75 Å². The molecule has 0 unspecified atom stereocenters. The maximum atomic E-state index is 12.7. The highest BCUT2D eigenvalue weighted by molar-refractivity contribution is 6.05. The number of carbonyl (C=O) groups is 1. The quantitative estimate of drug-likeness (QED) is 0.651. The van der Waals surface area contributed by atoms with Crippen LogP contribution < -0.4 is 15.4 Å². The molecule has 0 aliphatic rings. The first kappa shape index (κ1) is 18.5. The van der Waals surface area contributed by atoms with Gasteiger partial charge in [-0.05, 0) is 60.9 Å². The summed E-state index contributed by atoms with van der Waals surface area (Å²) in [5, 5.41) is 6.14. The second kappa shape index (κ2) is 8.36. The van der Waals surface area contributed by atoms with E-state index in [2.05, 4.69) is 34.7 Å². The van der Waals surface area contributed by atoms with Crippen LogP contribution in [0, 0.1) is 6.92 Å². The molecule has 138 valence electrons. The minimum Gasteiger partial charge on any atom is -0.495 e. The van der Waals surface area contributed by atoms with Crippen molar-refractivity contribution in [1.29, 1.82) is 0 Å². The number of nitrogens with one attached hydrogen (secondary N) is 2. The van der Waals surface area contributed by atoms with Crippen LogP contribution in [0.15, 0.2) is 60.8 Å². The number of hydrogen-bond donors (Lipinski definition) is 2. The molecule has 0 saturated heterocycles. The maximum absolute atomic E-state index is 12.7. The van der Waals surface area contributed by atoms with E-state index in [1.807, 2.05) is 37.3 Å². The van der Waals surface area contributed by atoms with Crippen LogP contribution in [0.5, 0.6) is 5.75 Å². The van der Waals surface area contributed by atoms with Gasteiger partial charge in [-0.15, -0.1) is 0 Å². The molecule has 0 aliphatic carbocycles. The van der Waals surface area contributed by atoms with Gasteiger partial charge in [-0.25, -0.2) is 4.98 Å². The number of ether oxygens (including phenoxy) is 1. The minimum absolute atomic E-state index is 0.217. The van der Waals surface area contributed by atoms with Crippen LogP contribution in [0.4, 0.5) is 17.2 Å². The molecule has 1 amide bonds. The Hall–Kier alpha value is -3.34. The number of hydrogen-bond acceptors (Lipinski definition) is 4. The molecule has 5 nitrogen and oxygen atoms in total. The van der Waals surface area contributed by atoms with Gasteiger partial charge >= 0.3 is 0 Å². The van der Waals surface area contributed by atoms with Gasteiger partial charge in [0.05, 0.1) is 12.8 Å². The van der Waals surface area contributed by atoms with E-state index in [4.69, 9.17) is 4.74 Å². The van der Waals surface area contributed by atoms with E-state index in [-0.39, 0.29) is 5.91 Å². The maximum Gasteiger partial charge on any atom is 0.255 e. The minimum atomic E-state index is -0.217. The van der Waals surface area contributed by atoms with Crippen molar-refractivity contribution >= 4 is 23.1 Å². The number of pyridine rings is 1. The Kier molecular flexibility index (Phi) is 5.71. The summed E-state index contributed by atoms with van der Waals surface area (Å²) in [5.74, 6) is 1.02. The topological polar surface area (TPSA) is 63.2 Å². The average Bonchev–Trinajstić information content (AvgIpc) is 2.69. The molecule has 2 N–H and O–H groups in total. The van der Waals surface area contributed by atoms with Crippen LogP contribution in [0.25, 0.3) is 0 Å². The van der Waals surface area contributed by atoms with Gasteiger partial charge in [0.2, 0.25) is 0 Å². The highest BCUT2D eigenvalue weighted by Crippen LogP contribution is 2.26. The van der Waals surface area contributed by atoms with E-state index in [1.165, 1.54) is 5.56 Å². The highest BCUT2D eigenvalue weighted by Gasteiger charge is 2.11. The van der Waals surface area contributed by atoms with E-state index < -0.39 is 0 Å². The van der Waals surface area contributed by atoms with Crippen molar-refractivity contribution in [3.05, 3.63) is 77.5 Å². The predicted octanol–water partition coefficient (Wildman–Crippen LogP) is 4.96. The highest BCUT2D eigenvalue weighted by atomic mass is 16.5. The summed E-state index contributed by atoms with van der Waals surface area (Å²) in [4.78, 5) is 17.0. The number of amides is 1. The van der Waals surface area contributed by atoms with Crippen LogP contribution >= 0.6 is 0 Å². The molecule has 0 atom stereocenters. The summed E-state index contributed by atoms with van der Waals surface area (Å²) >= 11 is 0. The van der Waals surface area contributed by atoms with Gasteiger partial charge in [0.1, 0.15) is 11.6 Å². The zero-order chi connectivity index (χ0) is 19.2. The Morgan fingerprint density at radius 3 is 2.56 bits per heavy atom. The molecule has 1 heterocycles. The van der Waals surface area contributed by atoms with E-state index in [1.54, 1.807) is 25.4 Å². The third-order valence-corrected chi connectivity index (χ3v) is 4.26. The van der Waals surface area contributed by atoms with Gasteiger partial charge in [0.25, 0.3) is 5.91 Å². The number of anilines is 3. The van der Waals surface area contributed by atoms with Crippen molar-refractivity contribution in [2.45, 2.75) is 20.3 Å². The zero-order valence-corrected chi connectivity index (χ0v) is 15.7. The van der Waals surface area contributed by atoms with Gasteiger partial charge in [0, 0.05) is 17.4 Å². The van der Waals surface area contributed by atoms with Crippen molar-refractivity contribution in [2.24, 2.45) is 0 Å². The van der Waals surface area contributed by atoms with Gasteiger partial charge in [0.15, 0.2) is 0 Å². The number of nitrogens with zero attached hydrogens (tertiary/aromatic N) is 1. The molecule has 0 saturated carbocycles. The number of benzene rings is 2. The smallest absolute Gasteiger partial charge is 0.255 e. The number of aryl methyl sites for hydroxylation is 2. The summed E-state index contributed by atoms with van der Waals surface area (Å²) in [6.07, 6.45) is 2.61. The molecule has 0 fully saturated rings. The number of rotatable bonds is 6. The molecule has 5 heteroatoms. The molecular weight excluding hydrogens is 338 g/mol. The number of methoxy groups -OCH3 is 1. The van der Waals surface area contributed by atoms with Crippen LogP contribution in [-0.4, -0.2) is 18.0 Å². The predicted molar refractivity (Wildman–Crippen MR) is 109 cm³/mol. The SMILES string of the molecule is CCc1ccc(Nc2cc(C(=O)Nc3cc(C)ccc3OC)ccn2)cc1. The third kappa shape index (κ3) is 4.64. The second-order valence-electron chi connectivity index (χ2n) is 6.26. The van der Waals surface area contributed by atoms with Crippen molar-refractivity contribution in [3.63, 3.8) is 0 Å². The van der Waals surface area contributed by atoms with Gasteiger partial charge in [-0.3, -0.25) is 4.79 Å². The molecule has 0 bridgehead atoms. The summed E-state index contributed by atoms with van der Waals surface area (Å²) in [7, 11) is 1.58. The Bertz CT molecular complexity index is 937. The number of aromatic nitrogens is 1. The molecular formula is C22H23N3O2. The lowest BCUT2D eigenvalue weighted by molar-refractivity contribution is 0.102. The lowest BCUT2D eigenvalue weighted by Gasteiger charge is -2.12. The van der Waals surface area contributed by atoms with Crippen LogP contribution in [0.1, 0.15) is 28.4 Å². The Morgan fingerprint density at radius 1 is 1.07 bits per heavy atom. The molecule has 27 heavy (non-hydrogen) atoms. The Morgan fingerprint density at radius 2 is 1.85 bits per heavy atom. The monoisotopic (exact) mass is 361 g/mol. The molecule has 1 aromatic heterocycles. The summed E-state index contributed by atoms with van der Waals surface area (Å²) in [6, 6.07) is 17.2. The molecule has 3 rings (SSSR count). The first-order valence-electron chi connectivity index (χ1n) is 8.87. The third-order valence-electron chi connectivity index (χ3n) is 4.26. The molecule has 0 aliphatic heterocycles. The summed E-state index contributed by atoms with van der Waals surface area (Å²) in [5.41, 5.74) is 4.40. The first-order chi connectivity index (χ1) is 13.1. The molecule has 0 radical (unpaired) electrons. The van der Waals surface area contributed by atoms with E-state index >= 15 is 0 Å². The lowest BCUT2D eigenvalue weighted by atomic mass is 10.1. The average molecular weight is 361 g/mol. The van der Waals surface area contributed by atoms with Crippen LogP contribution in [0.2, 0.25) is 0 Å². The normalized spacial score (nSPS) is 10.3. The Labute approximate surface area is 159 Å².